The van der Waals surface area contributed by atoms with Gasteiger partial charge in [0.1, 0.15) is 11.3 Å². The van der Waals surface area contributed by atoms with Crippen LogP contribution in [-0.2, 0) is 9.59 Å². The zero-order chi connectivity index (χ0) is 14.8. The van der Waals surface area contributed by atoms with Gasteiger partial charge in [-0.15, -0.1) is 0 Å². The van der Waals surface area contributed by atoms with Crippen molar-refractivity contribution in [1.82, 2.24) is 4.98 Å². The number of aromatic hydroxyl groups is 1. The van der Waals surface area contributed by atoms with Gasteiger partial charge in [0, 0.05) is 25.4 Å². The molecule has 20 heavy (non-hydrogen) atoms. The summed E-state index contributed by atoms with van der Waals surface area (Å²) >= 11 is 0. The number of phenols is 1. The number of benzene rings is 1. The minimum Gasteiger partial charge on any atom is -1.00 e. The van der Waals surface area contributed by atoms with Crippen LogP contribution in [0.3, 0.4) is 0 Å². The molecule has 2 aromatic rings. The fraction of sp³-hybridized carbons (Fsp3) is 0.154. The molecule has 2 rings (SSSR count). The Labute approximate surface area is 139 Å². The third-order valence-corrected chi connectivity index (χ3v) is 1.61. The van der Waals surface area contributed by atoms with Gasteiger partial charge in [0.15, 0.2) is 0 Å². The summed E-state index contributed by atoms with van der Waals surface area (Å²) in [6.07, 6.45) is 1.67. The summed E-state index contributed by atoms with van der Waals surface area (Å²) in [4.78, 5) is 22.0. The molecule has 104 valence electrons. The van der Waals surface area contributed by atoms with E-state index >= 15 is 0 Å². The predicted molar refractivity (Wildman–Crippen MR) is 71.1 cm³/mol. The second-order valence-corrected chi connectivity index (χ2v) is 3.39. The summed E-state index contributed by atoms with van der Waals surface area (Å²) < 4.78 is 0. The fourth-order valence-corrected chi connectivity index (χ4v) is 1.09. The van der Waals surface area contributed by atoms with Crippen molar-refractivity contribution in [2.24, 2.45) is 0 Å². The standard InChI is InChI=1S/C9H7NO.2C2H4O2.Na.H/c11-8-5-1-3-7-4-2-6-10-9(7)8;2*1-2(3)4;;/h1-6,11H;2*1H3,(H,3,4);;/q;;;+1;-1. The Hall–Kier alpha value is -1.63. The van der Waals surface area contributed by atoms with Gasteiger partial charge in [-0.1, -0.05) is 18.2 Å². The maximum Gasteiger partial charge on any atom is 1.00 e. The summed E-state index contributed by atoms with van der Waals surface area (Å²) in [6.45, 7) is 2.17. The minimum absolute atomic E-state index is 0. The molecule has 0 unspecified atom stereocenters. The third kappa shape index (κ3) is 10.3. The van der Waals surface area contributed by atoms with Crippen LogP contribution in [0.5, 0.6) is 5.75 Å². The van der Waals surface area contributed by atoms with E-state index < -0.39 is 11.9 Å². The summed E-state index contributed by atoms with van der Waals surface area (Å²) in [5.74, 6) is -1.43. The number of aliphatic carboxylic acids is 2. The molecule has 0 atom stereocenters. The van der Waals surface area contributed by atoms with Crippen LogP contribution in [0.4, 0.5) is 0 Å². The number of hydrogen-bond acceptors (Lipinski definition) is 4. The molecule has 0 saturated heterocycles. The maximum atomic E-state index is 9.31. The number of fused-ring (bicyclic) bond motifs is 1. The smallest absolute Gasteiger partial charge is 1.00 e. The molecule has 1 aromatic heterocycles. The van der Waals surface area contributed by atoms with Gasteiger partial charge in [-0.25, -0.2) is 0 Å². The first kappa shape index (κ1) is 20.7. The Morgan fingerprint density at radius 1 is 1.05 bits per heavy atom. The number of para-hydroxylation sites is 1. The summed E-state index contributed by atoms with van der Waals surface area (Å²) in [5.41, 5.74) is 0.662. The first-order chi connectivity index (χ1) is 8.84. The van der Waals surface area contributed by atoms with Crippen LogP contribution < -0.4 is 29.6 Å². The Balaban J connectivity index is -0.000000280. The van der Waals surface area contributed by atoms with E-state index in [4.69, 9.17) is 19.8 Å². The van der Waals surface area contributed by atoms with E-state index in [-0.39, 0.29) is 36.7 Å². The molecule has 0 fully saturated rings. The van der Waals surface area contributed by atoms with Crippen LogP contribution in [0.1, 0.15) is 15.3 Å². The second-order valence-electron chi connectivity index (χ2n) is 3.39. The number of hydrogen-bond donors (Lipinski definition) is 3. The fourth-order valence-electron chi connectivity index (χ4n) is 1.09. The van der Waals surface area contributed by atoms with Gasteiger partial charge in [-0.2, -0.15) is 0 Å². The number of aromatic nitrogens is 1. The topological polar surface area (TPSA) is 108 Å². The van der Waals surface area contributed by atoms with E-state index in [0.29, 0.717) is 5.52 Å². The van der Waals surface area contributed by atoms with Crippen LogP contribution in [0.15, 0.2) is 36.5 Å². The number of nitrogens with zero attached hydrogens (tertiary/aromatic N) is 1. The molecule has 0 aliphatic carbocycles. The Morgan fingerprint density at radius 3 is 1.95 bits per heavy atom. The van der Waals surface area contributed by atoms with Crippen molar-refractivity contribution in [3.05, 3.63) is 36.5 Å². The van der Waals surface area contributed by atoms with Crippen LogP contribution in [0.2, 0.25) is 0 Å². The molecule has 0 aliphatic heterocycles. The van der Waals surface area contributed by atoms with Gasteiger partial charge in [0.05, 0.1) is 0 Å². The molecular formula is C13H16NNaO5. The SMILES string of the molecule is CC(=O)O.CC(=O)O.Oc1cccc2cccnc12.[H-].[Na+]. The van der Waals surface area contributed by atoms with Crippen molar-refractivity contribution < 1.29 is 55.9 Å². The first-order valence-electron chi connectivity index (χ1n) is 5.26. The molecule has 0 amide bonds. The average Bonchev–Trinajstić information content (AvgIpc) is 2.28. The number of carboxylic acid groups (broad SMARTS) is 2. The zero-order valence-electron chi connectivity index (χ0n) is 12.6. The molecular weight excluding hydrogens is 273 g/mol. The summed E-state index contributed by atoms with van der Waals surface area (Å²) in [7, 11) is 0. The van der Waals surface area contributed by atoms with Crippen molar-refractivity contribution in [2.45, 2.75) is 13.8 Å². The van der Waals surface area contributed by atoms with Crippen LogP contribution in [0.25, 0.3) is 10.9 Å². The molecule has 0 aliphatic rings. The largest absolute Gasteiger partial charge is 1.00 e. The van der Waals surface area contributed by atoms with E-state index in [2.05, 4.69) is 4.98 Å². The van der Waals surface area contributed by atoms with Crippen molar-refractivity contribution in [3.63, 3.8) is 0 Å². The number of carboxylic acids is 2. The third-order valence-electron chi connectivity index (χ3n) is 1.61. The van der Waals surface area contributed by atoms with E-state index in [0.717, 1.165) is 19.2 Å². The summed E-state index contributed by atoms with van der Waals surface area (Å²) in [6, 6.07) is 9.13. The van der Waals surface area contributed by atoms with Crippen molar-refractivity contribution in [3.8, 4) is 5.75 Å². The monoisotopic (exact) mass is 289 g/mol. The number of carbonyl (C=O) groups is 2. The molecule has 1 heterocycles. The van der Waals surface area contributed by atoms with Gasteiger partial charge < -0.3 is 16.7 Å². The van der Waals surface area contributed by atoms with E-state index in [1.54, 1.807) is 18.3 Å². The quantitative estimate of drug-likeness (QED) is 0.550. The second kappa shape index (κ2) is 11.2. The molecule has 7 heteroatoms. The Kier molecular flexibility index (Phi) is 11.6. The predicted octanol–water partition coefficient (Wildman–Crippen LogP) is -0.761. The van der Waals surface area contributed by atoms with Gasteiger partial charge in [0.2, 0.25) is 0 Å². The van der Waals surface area contributed by atoms with Crippen LogP contribution in [0, 0.1) is 0 Å². The van der Waals surface area contributed by atoms with Gasteiger partial charge in [0.25, 0.3) is 11.9 Å². The molecule has 0 spiro atoms. The van der Waals surface area contributed by atoms with Crippen molar-refractivity contribution in [1.29, 1.82) is 0 Å². The van der Waals surface area contributed by atoms with Gasteiger partial charge in [-0.3, -0.25) is 14.6 Å². The van der Waals surface area contributed by atoms with Crippen LogP contribution in [-0.4, -0.2) is 32.2 Å². The number of rotatable bonds is 0. The van der Waals surface area contributed by atoms with E-state index in [9.17, 15) is 5.11 Å². The first-order valence-corrected chi connectivity index (χ1v) is 5.26. The van der Waals surface area contributed by atoms with E-state index in [1.807, 2.05) is 18.2 Å². The number of pyridine rings is 1. The molecule has 1 aromatic carbocycles. The normalized spacial score (nSPS) is 8.10. The molecule has 6 nitrogen and oxygen atoms in total. The Morgan fingerprint density at radius 2 is 1.50 bits per heavy atom. The van der Waals surface area contributed by atoms with E-state index in [1.165, 1.54) is 0 Å². The molecule has 3 N–H and O–H groups in total. The van der Waals surface area contributed by atoms with Crippen molar-refractivity contribution in [2.75, 3.05) is 0 Å². The average molecular weight is 289 g/mol. The molecule has 0 saturated carbocycles. The van der Waals surface area contributed by atoms with Gasteiger partial charge in [-0.05, 0) is 12.1 Å². The zero-order valence-corrected chi connectivity index (χ0v) is 13.6. The molecule has 0 radical (unpaired) electrons. The summed E-state index contributed by atoms with van der Waals surface area (Å²) in [5, 5.41) is 25.1. The molecule has 0 bridgehead atoms. The number of phenolic OH excluding ortho intramolecular Hbond substituents is 1. The van der Waals surface area contributed by atoms with Gasteiger partial charge >= 0.3 is 29.6 Å². The van der Waals surface area contributed by atoms with Crippen molar-refractivity contribution >= 4 is 22.8 Å². The minimum atomic E-state index is -0.833. The Bertz CT molecular complexity index is 540. The maximum absolute atomic E-state index is 9.31. The van der Waals surface area contributed by atoms with Crippen LogP contribution >= 0.6 is 0 Å².